The maximum atomic E-state index is 13.4. The summed E-state index contributed by atoms with van der Waals surface area (Å²) in [5.74, 6) is 1.85. The second-order valence-electron chi connectivity index (χ2n) is 8.15. The van der Waals surface area contributed by atoms with Gasteiger partial charge in [-0.15, -0.1) is 0 Å². The summed E-state index contributed by atoms with van der Waals surface area (Å²) >= 11 is 0. The summed E-state index contributed by atoms with van der Waals surface area (Å²) in [6.45, 7) is 6.22. The highest BCUT2D eigenvalue weighted by molar-refractivity contribution is 7.90. The molecule has 0 amide bonds. The molecule has 9 nitrogen and oxygen atoms in total. The number of hydrogen-bond acceptors (Lipinski definition) is 7. The Hall–Kier alpha value is -2.30. The predicted molar refractivity (Wildman–Crippen MR) is 121 cm³/mol. The van der Waals surface area contributed by atoms with Gasteiger partial charge in [-0.2, -0.15) is 8.42 Å². The first kappa shape index (κ1) is 21.9. The quantitative estimate of drug-likeness (QED) is 0.671. The van der Waals surface area contributed by atoms with Gasteiger partial charge in [0.1, 0.15) is 5.82 Å². The lowest BCUT2D eigenvalue weighted by Gasteiger charge is -2.34. The predicted octanol–water partition coefficient (Wildman–Crippen LogP) is 1.31. The van der Waals surface area contributed by atoms with Crippen molar-refractivity contribution in [2.24, 2.45) is 5.92 Å². The van der Waals surface area contributed by atoms with E-state index in [0.29, 0.717) is 36.2 Å². The first-order chi connectivity index (χ1) is 14.8. The van der Waals surface area contributed by atoms with Gasteiger partial charge in [0.05, 0.1) is 26.3 Å². The molecular weight excluding hydrogens is 418 g/mol. The zero-order valence-electron chi connectivity index (χ0n) is 18.6. The molecule has 0 bridgehead atoms. The lowest BCUT2D eigenvalue weighted by atomic mass is 9.98. The average Bonchev–Trinajstić information content (AvgIpc) is 3.08. The van der Waals surface area contributed by atoms with Gasteiger partial charge in [-0.05, 0) is 25.3 Å². The van der Waals surface area contributed by atoms with Crippen molar-refractivity contribution in [3.8, 4) is 5.75 Å². The molecule has 0 saturated carbocycles. The van der Waals surface area contributed by atoms with Crippen molar-refractivity contribution < 1.29 is 17.9 Å². The number of ether oxygens (including phenoxy) is 2. The van der Waals surface area contributed by atoms with Crippen molar-refractivity contribution in [3.63, 3.8) is 0 Å². The van der Waals surface area contributed by atoms with Crippen LogP contribution in [0.3, 0.4) is 0 Å². The fourth-order valence-electron chi connectivity index (χ4n) is 4.24. The number of pyridine rings is 1. The van der Waals surface area contributed by atoms with Crippen LogP contribution < -0.4 is 13.9 Å². The van der Waals surface area contributed by atoms with Gasteiger partial charge in [0.25, 0.3) is 0 Å². The fraction of sp³-hybridized carbons (Fsp3) is 0.571. The SMILES string of the molecule is COc1ccc(N2CCN(C3=CC(C)C(OC)C=C3)S2(=O)=O)nc1N1CCN(C)CC1. The Kier molecular flexibility index (Phi) is 6.14. The van der Waals surface area contributed by atoms with Gasteiger partial charge in [-0.25, -0.2) is 9.29 Å². The van der Waals surface area contributed by atoms with Gasteiger partial charge in [-0.3, -0.25) is 4.31 Å². The molecule has 2 aliphatic heterocycles. The Morgan fingerprint density at radius 2 is 1.74 bits per heavy atom. The standard InChI is InChI=1S/C21H31N5O4S/c1-16-15-17(5-6-18(16)29-3)25-13-14-26(31(25,27)28)20-8-7-19(30-4)21(22-20)24-11-9-23(2)10-12-24/h5-8,15-16,18H,9-14H2,1-4H3. The number of anilines is 2. The van der Waals surface area contributed by atoms with E-state index in [4.69, 9.17) is 14.5 Å². The number of piperazine rings is 1. The van der Waals surface area contributed by atoms with E-state index in [1.807, 2.05) is 25.2 Å². The molecule has 31 heavy (non-hydrogen) atoms. The normalized spacial score (nSPS) is 26.3. The number of methoxy groups -OCH3 is 2. The number of nitrogens with zero attached hydrogens (tertiary/aromatic N) is 5. The van der Waals surface area contributed by atoms with Crippen LogP contribution in [0.15, 0.2) is 36.1 Å². The highest BCUT2D eigenvalue weighted by Gasteiger charge is 2.39. The summed E-state index contributed by atoms with van der Waals surface area (Å²) in [4.78, 5) is 9.15. The van der Waals surface area contributed by atoms with Crippen LogP contribution in [0.25, 0.3) is 0 Å². The fourth-order valence-corrected chi connectivity index (χ4v) is 5.83. The second-order valence-corrected chi connectivity index (χ2v) is 9.92. The molecule has 0 aromatic carbocycles. The molecule has 10 heteroatoms. The summed E-state index contributed by atoms with van der Waals surface area (Å²) < 4.78 is 40.5. The van der Waals surface area contributed by atoms with E-state index in [9.17, 15) is 8.42 Å². The highest BCUT2D eigenvalue weighted by Crippen LogP contribution is 2.34. The molecule has 170 valence electrons. The third kappa shape index (κ3) is 4.11. The molecule has 1 aromatic heterocycles. The van der Waals surface area contributed by atoms with Crippen molar-refractivity contribution >= 4 is 21.8 Å². The molecule has 1 aromatic rings. The topological polar surface area (TPSA) is 78.4 Å². The van der Waals surface area contributed by atoms with E-state index in [-0.39, 0.29) is 12.0 Å². The Balaban J connectivity index is 1.60. The smallest absolute Gasteiger partial charge is 0.327 e. The van der Waals surface area contributed by atoms with Gasteiger partial charge in [0.2, 0.25) is 0 Å². The van der Waals surface area contributed by atoms with E-state index in [1.54, 1.807) is 26.4 Å². The number of aromatic nitrogens is 1. The molecule has 2 fully saturated rings. The molecule has 2 atom stereocenters. The van der Waals surface area contributed by atoms with E-state index in [0.717, 1.165) is 26.2 Å². The van der Waals surface area contributed by atoms with Crippen LogP contribution in [-0.4, -0.2) is 89.2 Å². The van der Waals surface area contributed by atoms with Crippen LogP contribution in [0.1, 0.15) is 6.92 Å². The molecule has 0 radical (unpaired) electrons. The maximum absolute atomic E-state index is 13.4. The molecule has 2 unspecified atom stereocenters. The lowest BCUT2D eigenvalue weighted by molar-refractivity contribution is 0.110. The van der Waals surface area contributed by atoms with E-state index >= 15 is 0 Å². The Morgan fingerprint density at radius 1 is 1.03 bits per heavy atom. The summed E-state index contributed by atoms with van der Waals surface area (Å²) in [7, 11) is 1.63. The van der Waals surface area contributed by atoms with Crippen molar-refractivity contribution in [1.29, 1.82) is 0 Å². The number of allylic oxidation sites excluding steroid dienone is 1. The van der Waals surface area contributed by atoms with Crippen LogP contribution >= 0.6 is 0 Å². The van der Waals surface area contributed by atoms with Crippen LogP contribution in [-0.2, 0) is 14.9 Å². The zero-order chi connectivity index (χ0) is 22.2. The first-order valence-corrected chi connectivity index (χ1v) is 12.0. The molecule has 0 N–H and O–H groups in total. The third-order valence-electron chi connectivity index (χ3n) is 6.13. The van der Waals surface area contributed by atoms with E-state index < -0.39 is 10.2 Å². The van der Waals surface area contributed by atoms with Crippen molar-refractivity contribution in [3.05, 3.63) is 36.1 Å². The van der Waals surface area contributed by atoms with Gasteiger partial charge >= 0.3 is 10.2 Å². The monoisotopic (exact) mass is 449 g/mol. The van der Waals surface area contributed by atoms with Gasteiger partial charge < -0.3 is 19.3 Å². The second kappa shape index (κ2) is 8.68. The van der Waals surface area contributed by atoms with Gasteiger partial charge in [0.15, 0.2) is 11.6 Å². The molecule has 4 rings (SSSR count). The Bertz CT molecular complexity index is 972. The van der Waals surface area contributed by atoms with Crippen LogP contribution in [0.4, 0.5) is 11.6 Å². The average molecular weight is 450 g/mol. The zero-order valence-corrected chi connectivity index (χ0v) is 19.4. The molecule has 0 spiro atoms. The minimum absolute atomic E-state index is 0.0421. The maximum Gasteiger partial charge on any atom is 0.327 e. The minimum Gasteiger partial charge on any atom is -0.493 e. The molecule has 1 aliphatic carbocycles. The summed E-state index contributed by atoms with van der Waals surface area (Å²) in [5, 5.41) is 0. The van der Waals surface area contributed by atoms with Crippen LogP contribution in [0.2, 0.25) is 0 Å². The van der Waals surface area contributed by atoms with Crippen molar-refractivity contribution in [2.75, 3.05) is 69.7 Å². The number of likely N-dealkylation sites (N-methyl/N-ethyl adjacent to an activating group) is 1. The molecule has 2 saturated heterocycles. The summed E-state index contributed by atoms with van der Waals surface area (Å²) in [5.41, 5.74) is 0.677. The molecule has 3 heterocycles. The van der Waals surface area contributed by atoms with Crippen LogP contribution in [0, 0.1) is 5.92 Å². The van der Waals surface area contributed by atoms with E-state index in [1.165, 1.54) is 8.61 Å². The lowest BCUT2D eigenvalue weighted by Crippen LogP contribution is -2.45. The molecular formula is C21H31N5O4S. The van der Waals surface area contributed by atoms with Crippen LogP contribution in [0.5, 0.6) is 5.75 Å². The number of rotatable bonds is 5. The van der Waals surface area contributed by atoms with E-state index in [2.05, 4.69) is 16.8 Å². The summed E-state index contributed by atoms with van der Waals surface area (Å²) in [6, 6.07) is 3.52. The Labute approximate surface area is 184 Å². The first-order valence-electron chi connectivity index (χ1n) is 10.6. The van der Waals surface area contributed by atoms with Crippen molar-refractivity contribution in [2.45, 2.75) is 13.0 Å². The minimum atomic E-state index is -3.73. The number of hydrogen-bond donors (Lipinski definition) is 0. The van der Waals surface area contributed by atoms with Gasteiger partial charge in [0, 0.05) is 44.9 Å². The largest absolute Gasteiger partial charge is 0.493 e. The molecule has 3 aliphatic rings. The van der Waals surface area contributed by atoms with Crippen molar-refractivity contribution in [1.82, 2.24) is 14.2 Å². The summed E-state index contributed by atoms with van der Waals surface area (Å²) in [6.07, 6.45) is 5.65. The third-order valence-corrected chi connectivity index (χ3v) is 8.01. The van der Waals surface area contributed by atoms with Gasteiger partial charge in [-0.1, -0.05) is 19.1 Å². The highest BCUT2D eigenvalue weighted by atomic mass is 32.2. The Morgan fingerprint density at radius 3 is 2.39 bits per heavy atom.